The Labute approximate surface area is 125 Å². The van der Waals surface area contributed by atoms with Gasteiger partial charge in [0.05, 0.1) is 5.56 Å². The minimum Gasteiger partial charge on any atom is -0.298 e. The van der Waals surface area contributed by atoms with E-state index in [1.807, 2.05) is 0 Å². The second-order valence-corrected chi connectivity index (χ2v) is 6.29. The Morgan fingerprint density at radius 2 is 2.14 bits per heavy atom. The summed E-state index contributed by atoms with van der Waals surface area (Å²) in [5.41, 5.74) is 0.227. The maximum atomic E-state index is 13.6. The molecule has 2 aliphatic rings. The molecule has 0 saturated carbocycles. The molecule has 2 saturated heterocycles. The summed E-state index contributed by atoms with van der Waals surface area (Å²) in [5, 5.41) is 0. The number of piperazine rings is 1. The van der Waals surface area contributed by atoms with E-state index in [-0.39, 0.29) is 11.3 Å². The first-order chi connectivity index (χ1) is 10.1. The summed E-state index contributed by atoms with van der Waals surface area (Å²) >= 11 is 0. The van der Waals surface area contributed by atoms with E-state index in [4.69, 9.17) is 0 Å². The normalized spacial score (nSPS) is 26.8. The number of carbonyl (C=O) groups excluding carboxylic acids is 1. The average Bonchev–Trinajstić information content (AvgIpc) is 2.92. The Hall–Kier alpha value is -1.26. The highest BCUT2D eigenvalue weighted by Gasteiger charge is 2.34. The molecule has 114 valence electrons. The van der Waals surface area contributed by atoms with Crippen molar-refractivity contribution < 1.29 is 9.18 Å². The molecule has 0 amide bonds. The lowest BCUT2D eigenvalue weighted by Crippen LogP contribution is -2.55. The third-order valence-corrected chi connectivity index (χ3v) is 4.87. The summed E-state index contributed by atoms with van der Waals surface area (Å²) in [6.07, 6.45) is 2.96. The summed E-state index contributed by atoms with van der Waals surface area (Å²) in [6, 6.07) is 7.41. The van der Waals surface area contributed by atoms with Gasteiger partial charge in [0, 0.05) is 38.1 Å². The number of benzene rings is 1. The highest BCUT2D eigenvalue weighted by atomic mass is 19.1. The monoisotopic (exact) mass is 290 g/mol. The summed E-state index contributed by atoms with van der Waals surface area (Å²) in [7, 11) is 0. The maximum absolute atomic E-state index is 13.6. The largest absolute Gasteiger partial charge is 0.298 e. The lowest BCUT2D eigenvalue weighted by Gasteiger charge is -2.42. The standard InChI is InChI=1S/C17H23FN2O/c1-13-11-20-9-4-5-14(20)12-19(13)10-8-17(21)15-6-2-3-7-16(15)18/h2-3,6-7,13-14H,4-5,8-12H2,1H3. The first-order valence-electron chi connectivity index (χ1n) is 7.91. The van der Waals surface area contributed by atoms with Gasteiger partial charge in [-0.15, -0.1) is 0 Å². The summed E-state index contributed by atoms with van der Waals surface area (Å²) in [5.74, 6) is -0.495. The molecule has 2 atom stereocenters. The fraction of sp³-hybridized carbons (Fsp3) is 0.588. The van der Waals surface area contributed by atoms with E-state index in [1.165, 1.54) is 25.5 Å². The maximum Gasteiger partial charge on any atom is 0.167 e. The molecule has 3 nitrogen and oxygen atoms in total. The van der Waals surface area contributed by atoms with Crippen molar-refractivity contribution in [2.75, 3.05) is 26.2 Å². The van der Waals surface area contributed by atoms with Crippen LogP contribution in [0.2, 0.25) is 0 Å². The van der Waals surface area contributed by atoms with Crippen LogP contribution in [-0.4, -0.2) is 53.8 Å². The van der Waals surface area contributed by atoms with Crippen LogP contribution in [0.15, 0.2) is 24.3 Å². The zero-order chi connectivity index (χ0) is 14.8. The van der Waals surface area contributed by atoms with E-state index in [2.05, 4.69) is 16.7 Å². The average molecular weight is 290 g/mol. The third-order valence-electron chi connectivity index (χ3n) is 4.87. The minimum atomic E-state index is -0.406. The van der Waals surface area contributed by atoms with Crippen LogP contribution in [0.1, 0.15) is 36.5 Å². The van der Waals surface area contributed by atoms with Crippen molar-refractivity contribution in [3.05, 3.63) is 35.6 Å². The zero-order valence-corrected chi connectivity index (χ0v) is 12.6. The van der Waals surface area contributed by atoms with Gasteiger partial charge >= 0.3 is 0 Å². The van der Waals surface area contributed by atoms with Gasteiger partial charge in [0.2, 0.25) is 0 Å². The molecule has 0 bridgehead atoms. The number of carbonyl (C=O) groups is 1. The van der Waals surface area contributed by atoms with Crippen molar-refractivity contribution in [2.24, 2.45) is 0 Å². The molecular weight excluding hydrogens is 267 g/mol. The number of hydrogen-bond acceptors (Lipinski definition) is 3. The van der Waals surface area contributed by atoms with Crippen molar-refractivity contribution in [2.45, 2.75) is 38.3 Å². The second-order valence-electron chi connectivity index (χ2n) is 6.29. The van der Waals surface area contributed by atoms with Gasteiger partial charge in [-0.3, -0.25) is 14.6 Å². The van der Waals surface area contributed by atoms with Crippen LogP contribution in [0.5, 0.6) is 0 Å². The van der Waals surface area contributed by atoms with Crippen LogP contribution in [0.4, 0.5) is 4.39 Å². The van der Waals surface area contributed by atoms with E-state index in [0.29, 0.717) is 18.5 Å². The van der Waals surface area contributed by atoms with E-state index < -0.39 is 5.82 Å². The molecule has 21 heavy (non-hydrogen) atoms. The number of fused-ring (bicyclic) bond motifs is 1. The van der Waals surface area contributed by atoms with Gasteiger partial charge in [-0.1, -0.05) is 12.1 Å². The topological polar surface area (TPSA) is 23.6 Å². The Bertz CT molecular complexity index is 519. The van der Waals surface area contributed by atoms with Crippen molar-refractivity contribution in [3.8, 4) is 0 Å². The molecule has 0 N–H and O–H groups in total. The molecule has 0 radical (unpaired) electrons. The smallest absolute Gasteiger partial charge is 0.167 e. The molecule has 2 heterocycles. The van der Waals surface area contributed by atoms with Crippen molar-refractivity contribution in [1.82, 2.24) is 9.80 Å². The van der Waals surface area contributed by atoms with Crippen molar-refractivity contribution in [3.63, 3.8) is 0 Å². The van der Waals surface area contributed by atoms with Gasteiger partial charge in [-0.05, 0) is 38.4 Å². The molecule has 4 heteroatoms. The number of nitrogens with zero attached hydrogens (tertiary/aromatic N) is 2. The van der Waals surface area contributed by atoms with E-state index in [9.17, 15) is 9.18 Å². The van der Waals surface area contributed by atoms with Gasteiger partial charge in [-0.2, -0.15) is 0 Å². The van der Waals surface area contributed by atoms with E-state index >= 15 is 0 Å². The fourth-order valence-electron chi connectivity index (χ4n) is 3.63. The van der Waals surface area contributed by atoms with E-state index in [1.54, 1.807) is 18.2 Å². The minimum absolute atomic E-state index is 0.0887. The lowest BCUT2D eigenvalue weighted by molar-refractivity contribution is 0.0566. The molecule has 0 aromatic heterocycles. The molecule has 1 aromatic carbocycles. The Balaban J connectivity index is 1.57. The van der Waals surface area contributed by atoms with E-state index in [0.717, 1.165) is 19.6 Å². The predicted octanol–water partition coefficient (Wildman–Crippen LogP) is 2.57. The molecule has 3 rings (SSSR count). The predicted molar refractivity (Wildman–Crippen MR) is 81.0 cm³/mol. The van der Waals surface area contributed by atoms with Crippen LogP contribution in [0, 0.1) is 5.82 Å². The van der Waals surface area contributed by atoms with Crippen molar-refractivity contribution in [1.29, 1.82) is 0 Å². The van der Waals surface area contributed by atoms with Gasteiger partial charge in [-0.25, -0.2) is 4.39 Å². The summed E-state index contributed by atoms with van der Waals surface area (Å²) in [4.78, 5) is 17.1. The molecule has 0 spiro atoms. The number of hydrogen-bond donors (Lipinski definition) is 0. The Kier molecular flexibility index (Phi) is 4.36. The fourth-order valence-corrected chi connectivity index (χ4v) is 3.63. The molecule has 0 aliphatic carbocycles. The molecule has 2 unspecified atom stereocenters. The number of ketones is 1. The highest BCUT2D eigenvalue weighted by Crippen LogP contribution is 2.24. The SMILES string of the molecule is CC1CN2CCCC2CN1CCC(=O)c1ccccc1F. The van der Waals surface area contributed by atoms with Gasteiger partial charge in [0.25, 0.3) is 0 Å². The lowest BCUT2D eigenvalue weighted by atomic mass is 10.0. The highest BCUT2D eigenvalue weighted by molar-refractivity contribution is 5.96. The van der Waals surface area contributed by atoms with Crippen LogP contribution >= 0.6 is 0 Å². The molecule has 2 fully saturated rings. The Morgan fingerprint density at radius 3 is 2.95 bits per heavy atom. The summed E-state index contributed by atoms with van der Waals surface area (Å²) in [6.45, 7) is 6.32. The van der Waals surface area contributed by atoms with Crippen LogP contribution in [-0.2, 0) is 0 Å². The quantitative estimate of drug-likeness (QED) is 0.796. The Morgan fingerprint density at radius 1 is 1.33 bits per heavy atom. The first-order valence-corrected chi connectivity index (χ1v) is 7.91. The van der Waals surface area contributed by atoms with Crippen LogP contribution in [0.3, 0.4) is 0 Å². The number of rotatable bonds is 4. The van der Waals surface area contributed by atoms with Crippen molar-refractivity contribution >= 4 is 5.78 Å². The molecular formula is C17H23FN2O. The van der Waals surface area contributed by atoms with Gasteiger partial charge < -0.3 is 0 Å². The molecule has 1 aromatic rings. The van der Waals surface area contributed by atoms with Crippen LogP contribution in [0.25, 0.3) is 0 Å². The van der Waals surface area contributed by atoms with Gasteiger partial charge in [0.1, 0.15) is 5.82 Å². The zero-order valence-electron chi connectivity index (χ0n) is 12.6. The third kappa shape index (κ3) is 3.16. The first kappa shape index (κ1) is 14.7. The summed E-state index contributed by atoms with van der Waals surface area (Å²) < 4.78 is 13.6. The number of Topliss-reactive ketones (excluding diaryl/α,β-unsaturated/α-hetero) is 1. The van der Waals surface area contributed by atoms with Gasteiger partial charge in [0.15, 0.2) is 5.78 Å². The molecule has 2 aliphatic heterocycles. The second kappa shape index (κ2) is 6.24. The number of halogens is 1. The van der Waals surface area contributed by atoms with Crippen LogP contribution < -0.4 is 0 Å².